The molecule has 1 aliphatic carbocycles. The lowest BCUT2D eigenvalue weighted by Gasteiger charge is -2.26. The topological polar surface area (TPSA) is 38.5 Å². The van der Waals surface area contributed by atoms with E-state index < -0.39 is 12.7 Å². The van der Waals surface area contributed by atoms with Gasteiger partial charge in [0.05, 0.1) is 12.6 Å². The van der Waals surface area contributed by atoms with Crippen molar-refractivity contribution < 1.29 is 17.9 Å². The third kappa shape index (κ3) is 4.81. The van der Waals surface area contributed by atoms with Gasteiger partial charge in [-0.15, -0.1) is 0 Å². The van der Waals surface area contributed by atoms with Crippen molar-refractivity contribution in [3.8, 4) is 0 Å². The zero-order valence-corrected chi connectivity index (χ0v) is 8.76. The molecule has 90 valence electrons. The Hall–Kier alpha value is -0.330. The zero-order chi connectivity index (χ0) is 11.5. The standard InChI is InChI=1S/C9H17F3N2O/c1-15-8(4-13)5-14(7-2-3-7)6-9(10,11)12/h7-8H,2-6,13H2,1H3. The predicted molar refractivity (Wildman–Crippen MR) is 50.5 cm³/mol. The molecule has 1 unspecified atom stereocenters. The monoisotopic (exact) mass is 226 g/mol. The maximum atomic E-state index is 12.2. The Labute approximate surface area is 87.4 Å². The van der Waals surface area contributed by atoms with Gasteiger partial charge < -0.3 is 10.5 Å². The molecule has 0 aromatic rings. The van der Waals surface area contributed by atoms with Crippen LogP contribution in [0.4, 0.5) is 13.2 Å². The lowest BCUT2D eigenvalue weighted by Crippen LogP contribution is -2.43. The summed E-state index contributed by atoms with van der Waals surface area (Å²) < 4.78 is 41.7. The molecule has 15 heavy (non-hydrogen) atoms. The van der Waals surface area contributed by atoms with E-state index in [1.165, 1.54) is 12.0 Å². The molecule has 0 bridgehead atoms. The molecule has 1 aliphatic rings. The Balaban J connectivity index is 2.43. The molecule has 0 heterocycles. The van der Waals surface area contributed by atoms with Crippen LogP contribution in [0.3, 0.4) is 0 Å². The van der Waals surface area contributed by atoms with E-state index in [0.29, 0.717) is 0 Å². The van der Waals surface area contributed by atoms with Crippen molar-refractivity contribution >= 4 is 0 Å². The fourth-order valence-corrected chi connectivity index (χ4v) is 1.52. The van der Waals surface area contributed by atoms with Crippen LogP contribution in [0.5, 0.6) is 0 Å². The molecule has 0 amide bonds. The average Bonchev–Trinajstić information content (AvgIpc) is 2.93. The molecule has 0 radical (unpaired) electrons. The van der Waals surface area contributed by atoms with E-state index in [1.54, 1.807) is 0 Å². The Kier molecular flexibility index (Phi) is 4.36. The van der Waals surface area contributed by atoms with E-state index in [4.69, 9.17) is 10.5 Å². The molecule has 6 heteroatoms. The number of rotatable bonds is 6. The van der Waals surface area contributed by atoms with Crippen LogP contribution in [0, 0.1) is 0 Å². The lowest BCUT2D eigenvalue weighted by atomic mass is 10.3. The van der Waals surface area contributed by atoms with Gasteiger partial charge in [0, 0.05) is 26.2 Å². The molecular formula is C9H17F3N2O. The van der Waals surface area contributed by atoms with Crippen molar-refractivity contribution in [2.75, 3.05) is 26.7 Å². The van der Waals surface area contributed by atoms with E-state index in [2.05, 4.69) is 0 Å². The quantitative estimate of drug-likeness (QED) is 0.734. The first-order valence-electron chi connectivity index (χ1n) is 5.00. The molecule has 0 saturated heterocycles. The highest BCUT2D eigenvalue weighted by molar-refractivity contribution is 4.87. The van der Waals surface area contributed by atoms with E-state index in [0.717, 1.165) is 12.8 Å². The molecule has 0 aromatic carbocycles. The van der Waals surface area contributed by atoms with Gasteiger partial charge in [0.1, 0.15) is 0 Å². The maximum absolute atomic E-state index is 12.2. The van der Waals surface area contributed by atoms with Crippen molar-refractivity contribution in [3.63, 3.8) is 0 Å². The van der Waals surface area contributed by atoms with Crippen molar-refractivity contribution in [2.24, 2.45) is 5.73 Å². The lowest BCUT2D eigenvalue weighted by molar-refractivity contribution is -0.150. The highest BCUT2D eigenvalue weighted by atomic mass is 19.4. The van der Waals surface area contributed by atoms with Gasteiger partial charge in [-0.05, 0) is 12.8 Å². The smallest absolute Gasteiger partial charge is 0.379 e. The van der Waals surface area contributed by atoms with E-state index in [1.807, 2.05) is 0 Å². The second-order valence-corrected chi connectivity index (χ2v) is 3.87. The van der Waals surface area contributed by atoms with Gasteiger partial charge in [-0.1, -0.05) is 0 Å². The van der Waals surface area contributed by atoms with Gasteiger partial charge in [0.2, 0.25) is 0 Å². The van der Waals surface area contributed by atoms with Crippen LogP contribution in [-0.4, -0.2) is 50.0 Å². The number of alkyl halides is 3. The summed E-state index contributed by atoms with van der Waals surface area (Å²) in [6.45, 7) is -0.355. The van der Waals surface area contributed by atoms with Gasteiger partial charge >= 0.3 is 6.18 Å². The van der Waals surface area contributed by atoms with Crippen molar-refractivity contribution in [2.45, 2.75) is 31.2 Å². The first-order chi connectivity index (χ1) is 6.96. The summed E-state index contributed by atoms with van der Waals surface area (Å²) in [5.74, 6) is 0. The van der Waals surface area contributed by atoms with Crippen LogP contribution in [0.15, 0.2) is 0 Å². The molecular weight excluding hydrogens is 209 g/mol. The summed E-state index contributed by atoms with van der Waals surface area (Å²) in [7, 11) is 1.47. The molecule has 1 rings (SSSR count). The van der Waals surface area contributed by atoms with Crippen LogP contribution in [-0.2, 0) is 4.74 Å². The van der Waals surface area contributed by atoms with Gasteiger partial charge in [0.25, 0.3) is 0 Å². The van der Waals surface area contributed by atoms with E-state index >= 15 is 0 Å². The summed E-state index contributed by atoms with van der Waals surface area (Å²) in [6, 6.07) is 0.0656. The van der Waals surface area contributed by atoms with Crippen molar-refractivity contribution in [3.05, 3.63) is 0 Å². The van der Waals surface area contributed by atoms with E-state index in [9.17, 15) is 13.2 Å². The number of hydrogen-bond acceptors (Lipinski definition) is 3. The summed E-state index contributed by atoms with van der Waals surface area (Å²) in [4.78, 5) is 1.42. The molecule has 0 aromatic heterocycles. The van der Waals surface area contributed by atoms with Crippen LogP contribution in [0.2, 0.25) is 0 Å². The van der Waals surface area contributed by atoms with Crippen LogP contribution in [0.25, 0.3) is 0 Å². The Morgan fingerprint density at radius 2 is 2.07 bits per heavy atom. The van der Waals surface area contributed by atoms with Crippen molar-refractivity contribution in [1.82, 2.24) is 4.90 Å². The summed E-state index contributed by atoms with van der Waals surface area (Å²) in [6.07, 6.45) is -2.77. The number of hydrogen-bond donors (Lipinski definition) is 1. The highest BCUT2D eigenvalue weighted by Crippen LogP contribution is 2.30. The second-order valence-electron chi connectivity index (χ2n) is 3.87. The predicted octanol–water partition coefficient (Wildman–Crippen LogP) is 0.987. The Bertz CT molecular complexity index is 190. The maximum Gasteiger partial charge on any atom is 0.401 e. The second kappa shape index (κ2) is 5.14. The SMILES string of the molecule is COC(CN)CN(CC(F)(F)F)C1CC1. The molecule has 3 nitrogen and oxygen atoms in total. The molecule has 1 saturated carbocycles. The molecule has 2 N–H and O–H groups in total. The van der Waals surface area contributed by atoms with Crippen LogP contribution in [0.1, 0.15) is 12.8 Å². The van der Waals surface area contributed by atoms with E-state index in [-0.39, 0.29) is 25.2 Å². The number of halogens is 3. The van der Waals surface area contributed by atoms with Gasteiger partial charge in [0.15, 0.2) is 0 Å². The third-order valence-corrected chi connectivity index (χ3v) is 2.48. The minimum Gasteiger partial charge on any atom is -0.379 e. The minimum absolute atomic E-state index is 0.0656. The minimum atomic E-state index is -4.14. The number of nitrogens with two attached hydrogens (primary N) is 1. The van der Waals surface area contributed by atoms with Gasteiger partial charge in [-0.2, -0.15) is 13.2 Å². The number of ether oxygens (including phenoxy) is 1. The fraction of sp³-hybridized carbons (Fsp3) is 1.00. The molecule has 0 aliphatic heterocycles. The normalized spacial score (nSPS) is 19.6. The van der Waals surface area contributed by atoms with Gasteiger partial charge in [-0.3, -0.25) is 4.90 Å². The molecule has 1 fully saturated rings. The fourth-order valence-electron chi connectivity index (χ4n) is 1.52. The number of methoxy groups -OCH3 is 1. The Morgan fingerprint density at radius 3 is 2.40 bits per heavy atom. The van der Waals surface area contributed by atoms with Crippen LogP contribution >= 0.6 is 0 Å². The summed E-state index contributed by atoms with van der Waals surface area (Å²) >= 11 is 0. The average molecular weight is 226 g/mol. The van der Waals surface area contributed by atoms with Crippen molar-refractivity contribution in [1.29, 1.82) is 0 Å². The first kappa shape index (κ1) is 12.7. The molecule has 0 spiro atoms. The van der Waals surface area contributed by atoms with Gasteiger partial charge in [-0.25, -0.2) is 0 Å². The first-order valence-corrected chi connectivity index (χ1v) is 5.00. The Morgan fingerprint density at radius 1 is 1.47 bits per heavy atom. The highest BCUT2D eigenvalue weighted by Gasteiger charge is 2.38. The van der Waals surface area contributed by atoms with Crippen LogP contribution < -0.4 is 5.73 Å². The molecule has 1 atom stereocenters. The summed E-state index contributed by atoms with van der Waals surface area (Å²) in [5, 5.41) is 0. The number of nitrogens with zero attached hydrogens (tertiary/aromatic N) is 1. The largest absolute Gasteiger partial charge is 0.401 e. The summed E-state index contributed by atoms with van der Waals surface area (Å²) in [5.41, 5.74) is 5.38. The zero-order valence-electron chi connectivity index (χ0n) is 8.76. The third-order valence-electron chi connectivity index (χ3n) is 2.48.